The van der Waals surface area contributed by atoms with Crippen LogP contribution in [0.2, 0.25) is 0 Å². The summed E-state index contributed by atoms with van der Waals surface area (Å²) in [7, 11) is 0. The van der Waals surface area contributed by atoms with Crippen molar-refractivity contribution in [1.29, 1.82) is 0 Å². The molecule has 0 atom stereocenters. The average Bonchev–Trinajstić information content (AvgIpc) is 3.23. The maximum atomic E-state index is 12.5. The van der Waals surface area contributed by atoms with Gasteiger partial charge in [-0.05, 0) is 17.7 Å². The van der Waals surface area contributed by atoms with Crippen LogP contribution in [0.25, 0.3) is 5.69 Å². The Labute approximate surface area is 134 Å². The highest BCUT2D eigenvalue weighted by atomic mass is 19.4. The zero-order valence-electron chi connectivity index (χ0n) is 12.2. The van der Waals surface area contributed by atoms with Gasteiger partial charge in [-0.1, -0.05) is 18.2 Å². The van der Waals surface area contributed by atoms with Crippen molar-refractivity contribution in [1.82, 2.24) is 25.3 Å². The highest BCUT2D eigenvalue weighted by molar-refractivity contribution is 5.92. The number of carbonyl (C=O) groups excluding carboxylic acids is 1. The quantitative estimate of drug-likeness (QED) is 0.769. The van der Waals surface area contributed by atoms with Crippen LogP contribution in [0.1, 0.15) is 21.7 Å². The predicted octanol–water partition coefficient (Wildman–Crippen LogP) is 2.54. The summed E-state index contributed by atoms with van der Waals surface area (Å²) in [6.45, 7) is 0.128. The van der Waals surface area contributed by atoms with Gasteiger partial charge < -0.3 is 5.32 Å². The summed E-state index contributed by atoms with van der Waals surface area (Å²) in [5.41, 5.74) is 0.144. The van der Waals surface area contributed by atoms with Gasteiger partial charge in [-0.3, -0.25) is 9.89 Å². The van der Waals surface area contributed by atoms with Gasteiger partial charge in [0.1, 0.15) is 5.69 Å². The number of hydrogen-bond donors (Lipinski definition) is 2. The van der Waals surface area contributed by atoms with Crippen molar-refractivity contribution in [3.05, 3.63) is 65.7 Å². The summed E-state index contributed by atoms with van der Waals surface area (Å²) >= 11 is 0. The fraction of sp³-hybridized carbons (Fsp3) is 0.133. The van der Waals surface area contributed by atoms with E-state index in [-0.39, 0.29) is 12.2 Å². The molecular formula is C15H12F3N5O. The lowest BCUT2D eigenvalue weighted by atomic mass is 10.1. The number of amides is 1. The SMILES string of the molecule is O=C(NCc1ccccc1-n1cccn1)c1cc(C(F)(F)F)[nH]n1. The van der Waals surface area contributed by atoms with Crippen LogP contribution in [0.15, 0.2) is 48.8 Å². The fourth-order valence-electron chi connectivity index (χ4n) is 2.14. The van der Waals surface area contributed by atoms with E-state index < -0.39 is 17.8 Å². The Morgan fingerprint density at radius 1 is 1.25 bits per heavy atom. The average molecular weight is 335 g/mol. The fourth-order valence-corrected chi connectivity index (χ4v) is 2.14. The number of rotatable bonds is 4. The lowest BCUT2D eigenvalue weighted by Gasteiger charge is -2.10. The third-order valence-corrected chi connectivity index (χ3v) is 3.30. The molecular weight excluding hydrogens is 323 g/mol. The van der Waals surface area contributed by atoms with Gasteiger partial charge in [0.25, 0.3) is 5.91 Å². The minimum Gasteiger partial charge on any atom is -0.346 e. The molecule has 0 saturated heterocycles. The van der Waals surface area contributed by atoms with Crippen LogP contribution >= 0.6 is 0 Å². The van der Waals surface area contributed by atoms with E-state index >= 15 is 0 Å². The Kier molecular flexibility index (Phi) is 4.07. The molecule has 1 aromatic carbocycles. The number of para-hydroxylation sites is 1. The lowest BCUT2D eigenvalue weighted by Crippen LogP contribution is -2.24. The first-order valence-corrected chi connectivity index (χ1v) is 6.94. The summed E-state index contributed by atoms with van der Waals surface area (Å²) in [5.74, 6) is -0.697. The molecule has 0 fully saturated rings. The molecule has 9 heteroatoms. The number of benzene rings is 1. The van der Waals surface area contributed by atoms with Gasteiger partial charge >= 0.3 is 6.18 Å². The number of nitrogens with zero attached hydrogens (tertiary/aromatic N) is 3. The summed E-state index contributed by atoms with van der Waals surface area (Å²) in [4.78, 5) is 12.0. The highest BCUT2D eigenvalue weighted by Crippen LogP contribution is 2.27. The van der Waals surface area contributed by atoms with Gasteiger partial charge in [0.05, 0.1) is 5.69 Å². The number of carbonyl (C=O) groups is 1. The molecule has 0 unspecified atom stereocenters. The molecule has 0 aliphatic heterocycles. The van der Waals surface area contributed by atoms with E-state index in [2.05, 4.69) is 15.5 Å². The first-order chi connectivity index (χ1) is 11.4. The van der Waals surface area contributed by atoms with Crippen molar-refractivity contribution < 1.29 is 18.0 Å². The molecule has 24 heavy (non-hydrogen) atoms. The van der Waals surface area contributed by atoms with Crippen LogP contribution in [0.4, 0.5) is 13.2 Å². The molecule has 0 saturated carbocycles. The summed E-state index contributed by atoms with van der Waals surface area (Å²) in [6.07, 6.45) is -1.19. The molecule has 1 amide bonds. The molecule has 2 N–H and O–H groups in total. The number of nitrogens with one attached hydrogen (secondary N) is 2. The lowest BCUT2D eigenvalue weighted by molar-refractivity contribution is -0.141. The second kappa shape index (κ2) is 6.19. The van der Waals surface area contributed by atoms with Crippen molar-refractivity contribution in [2.24, 2.45) is 0 Å². The number of aromatic nitrogens is 4. The van der Waals surface area contributed by atoms with Gasteiger partial charge in [-0.15, -0.1) is 0 Å². The second-order valence-electron chi connectivity index (χ2n) is 4.93. The third-order valence-electron chi connectivity index (χ3n) is 3.30. The second-order valence-corrected chi connectivity index (χ2v) is 4.93. The van der Waals surface area contributed by atoms with Crippen LogP contribution in [0.5, 0.6) is 0 Å². The molecule has 3 aromatic rings. The maximum absolute atomic E-state index is 12.5. The Morgan fingerprint density at radius 3 is 2.71 bits per heavy atom. The van der Waals surface area contributed by atoms with E-state index in [0.717, 1.165) is 11.3 Å². The number of halogens is 3. The number of hydrogen-bond acceptors (Lipinski definition) is 3. The third kappa shape index (κ3) is 3.29. The standard InChI is InChI=1S/C15H12F3N5O/c16-15(17,18)13-8-11(21-22-13)14(24)19-9-10-4-1-2-5-12(10)23-7-3-6-20-23/h1-8H,9H2,(H,19,24)(H,21,22). The molecule has 0 radical (unpaired) electrons. The van der Waals surface area contributed by atoms with E-state index in [4.69, 9.17) is 0 Å². The molecule has 0 bridgehead atoms. The van der Waals surface area contributed by atoms with E-state index in [1.165, 1.54) is 0 Å². The first kappa shape index (κ1) is 15.8. The van der Waals surface area contributed by atoms with Crippen molar-refractivity contribution in [2.45, 2.75) is 12.7 Å². The normalized spacial score (nSPS) is 11.5. The molecule has 3 rings (SSSR count). The number of alkyl halides is 3. The Morgan fingerprint density at radius 2 is 2.04 bits per heavy atom. The van der Waals surface area contributed by atoms with Crippen molar-refractivity contribution >= 4 is 5.91 Å². The zero-order chi connectivity index (χ0) is 17.2. The smallest absolute Gasteiger partial charge is 0.346 e. The minimum absolute atomic E-state index is 0.128. The van der Waals surface area contributed by atoms with E-state index in [1.807, 2.05) is 17.2 Å². The van der Waals surface area contributed by atoms with Crippen LogP contribution in [0, 0.1) is 0 Å². The molecule has 2 heterocycles. The van der Waals surface area contributed by atoms with Crippen molar-refractivity contribution in [2.75, 3.05) is 0 Å². The number of aromatic amines is 1. The van der Waals surface area contributed by atoms with Crippen LogP contribution in [-0.4, -0.2) is 25.9 Å². The summed E-state index contributed by atoms with van der Waals surface area (Å²) in [6, 6.07) is 9.68. The Balaban J connectivity index is 1.73. The summed E-state index contributed by atoms with van der Waals surface area (Å²) < 4.78 is 39.2. The topological polar surface area (TPSA) is 75.6 Å². The van der Waals surface area contributed by atoms with Crippen LogP contribution in [0.3, 0.4) is 0 Å². The molecule has 0 aliphatic rings. The molecule has 124 valence electrons. The van der Waals surface area contributed by atoms with Gasteiger partial charge in [-0.25, -0.2) is 4.68 Å². The van der Waals surface area contributed by atoms with Gasteiger partial charge in [0.2, 0.25) is 0 Å². The number of H-pyrrole nitrogens is 1. The highest BCUT2D eigenvalue weighted by Gasteiger charge is 2.33. The zero-order valence-corrected chi connectivity index (χ0v) is 12.2. The molecule has 6 nitrogen and oxygen atoms in total. The van der Waals surface area contributed by atoms with Gasteiger partial charge in [0, 0.05) is 25.0 Å². The molecule has 2 aromatic heterocycles. The minimum atomic E-state index is -4.57. The Bertz CT molecular complexity index is 839. The van der Waals surface area contributed by atoms with E-state index in [9.17, 15) is 18.0 Å². The Hall–Kier alpha value is -3.10. The van der Waals surface area contributed by atoms with Crippen molar-refractivity contribution in [3.63, 3.8) is 0 Å². The van der Waals surface area contributed by atoms with E-state index in [1.54, 1.807) is 35.3 Å². The summed E-state index contributed by atoms with van der Waals surface area (Å²) in [5, 5.41) is 11.9. The molecule has 0 aliphatic carbocycles. The van der Waals surface area contributed by atoms with E-state index in [0.29, 0.717) is 6.07 Å². The predicted molar refractivity (Wildman–Crippen MR) is 78.3 cm³/mol. The van der Waals surface area contributed by atoms with Crippen molar-refractivity contribution in [3.8, 4) is 5.69 Å². The van der Waals surface area contributed by atoms with Gasteiger partial charge in [0.15, 0.2) is 5.69 Å². The monoisotopic (exact) mass is 335 g/mol. The van der Waals surface area contributed by atoms with Gasteiger partial charge in [-0.2, -0.15) is 23.4 Å². The van der Waals surface area contributed by atoms with Crippen LogP contribution < -0.4 is 5.32 Å². The van der Waals surface area contributed by atoms with Crippen LogP contribution in [-0.2, 0) is 12.7 Å². The maximum Gasteiger partial charge on any atom is 0.432 e. The largest absolute Gasteiger partial charge is 0.432 e. The first-order valence-electron chi connectivity index (χ1n) is 6.94. The molecule has 0 spiro atoms.